The molecule has 0 heterocycles. The molecule has 0 unspecified atom stereocenters. The van der Waals surface area contributed by atoms with Crippen LogP contribution >= 0.6 is 0 Å². The van der Waals surface area contributed by atoms with Crippen molar-refractivity contribution in [3.8, 4) is 0 Å². The Labute approximate surface area is 85.2 Å². The van der Waals surface area contributed by atoms with Crippen molar-refractivity contribution in [1.82, 2.24) is 0 Å². The summed E-state index contributed by atoms with van der Waals surface area (Å²) in [6.45, 7) is -0.850. The second-order valence-electron chi connectivity index (χ2n) is 3.07. The molecule has 0 radical (unpaired) electrons. The predicted octanol–water partition coefficient (Wildman–Crippen LogP) is -4.73. The average Bonchev–Trinajstić information content (AvgIpc) is 2.23. The third kappa shape index (κ3) is 3.70. The lowest BCUT2D eigenvalue weighted by Crippen LogP contribution is -2.53. The standard InChI is InChI=1S/C7H15NO7/c8-7(15)6(14)5(13)4(12)3(11)2(10)1-9/h2-6,9-14H,1H2,(H2,8,15)/t2-,3+,4+,5+,6+/m1/s1. The fourth-order valence-electron chi connectivity index (χ4n) is 0.893. The van der Waals surface area contributed by atoms with Crippen LogP contribution in [0.3, 0.4) is 0 Å². The van der Waals surface area contributed by atoms with Crippen molar-refractivity contribution in [3.05, 3.63) is 0 Å². The van der Waals surface area contributed by atoms with E-state index in [0.717, 1.165) is 0 Å². The molecule has 8 nitrogen and oxygen atoms in total. The SMILES string of the molecule is NC(=O)[C@@H](O)[C@@H](O)[C@@H](O)[C@@H](O)[C@H](O)CO. The smallest absolute Gasteiger partial charge is 0.249 e. The summed E-state index contributed by atoms with van der Waals surface area (Å²) in [5.41, 5.74) is 4.63. The quantitative estimate of drug-likeness (QED) is 0.238. The number of aliphatic hydroxyl groups is 6. The van der Waals surface area contributed by atoms with Gasteiger partial charge in [-0.05, 0) is 0 Å². The minimum atomic E-state index is -2.07. The van der Waals surface area contributed by atoms with Crippen molar-refractivity contribution in [2.24, 2.45) is 5.73 Å². The van der Waals surface area contributed by atoms with Gasteiger partial charge in [0.15, 0.2) is 6.10 Å². The number of carbonyl (C=O) groups is 1. The molecule has 0 aromatic rings. The zero-order valence-corrected chi connectivity index (χ0v) is 7.76. The van der Waals surface area contributed by atoms with Crippen LogP contribution in [0.15, 0.2) is 0 Å². The van der Waals surface area contributed by atoms with Gasteiger partial charge in [-0.1, -0.05) is 0 Å². The Morgan fingerprint density at radius 2 is 1.47 bits per heavy atom. The molecule has 0 rings (SSSR count). The number of aliphatic hydroxyl groups excluding tert-OH is 6. The van der Waals surface area contributed by atoms with Crippen LogP contribution in [0, 0.1) is 0 Å². The van der Waals surface area contributed by atoms with Crippen LogP contribution < -0.4 is 5.73 Å². The first-order chi connectivity index (χ1) is 6.82. The molecule has 0 saturated carbocycles. The molecule has 8 N–H and O–H groups in total. The van der Waals surface area contributed by atoms with Crippen LogP contribution in [0.5, 0.6) is 0 Å². The monoisotopic (exact) mass is 225 g/mol. The second-order valence-corrected chi connectivity index (χ2v) is 3.07. The summed E-state index contributed by atoms with van der Waals surface area (Å²) in [5, 5.41) is 53.6. The molecule has 0 aromatic carbocycles. The molecular formula is C7H15NO7. The molecule has 0 bridgehead atoms. The minimum absolute atomic E-state index is 0.850. The topological polar surface area (TPSA) is 164 Å². The maximum Gasteiger partial charge on any atom is 0.249 e. The normalized spacial score (nSPS) is 21.5. The fourth-order valence-corrected chi connectivity index (χ4v) is 0.893. The number of carbonyl (C=O) groups excluding carboxylic acids is 1. The molecule has 0 aliphatic rings. The number of rotatable bonds is 6. The summed E-state index contributed by atoms with van der Waals surface area (Å²) in [6, 6.07) is 0. The molecule has 8 heteroatoms. The van der Waals surface area contributed by atoms with E-state index in [9.17, 15) is 4.79 Å². The third-order valence-electron chi connectivity index (χ3n) is 1.90. The first-order valence-corrected chi connectivity index (χ1v) is 4.13. The third-order valence-corrected chi connectivity index (χ3v) is 1.90. The van der Waals surface area contributed by atoms with E-state index >= 15 is 0 Å². The van der Waals surface area contributed by atoms with Crippen LogP contribution in [-0.2, 0) is 4.79 Å². The summed E-state index contributed by atoms with van der Waals surface area (Å²) >= 11 is 0. The van der Waals surface area contributed by atoms with Crippen molar-refractivity contribution in [1.29, 1.82) is 0 Å². The zero-order chi connectivity index (χ0) is 12.2. The lowest BCUT2D eigenvalue weighted by molar-refractivity contribution is -0.154. The van der Waals surface area contributed by atoms with Crippen molar-refractivity contribution in [2.45, 2.75) is 30.5 Å². The Morgan fingerprint density at radius 3 is 1.80 bits per heavy atom. The summed E-state index contributed by atoms with van der Waals surface area (Å²) in [5.74, 6) is -1.28. The highest BCUT2D eigenvalue weighted by atomic mass is 16.4. The van der Waals surface area contributed by atoms with Crippen LogP contribution in [0.4, 0.5) is 0 Å². The molecule has 0 aliphatic carbocycles. The summed E-state index contributed by atoms with van der Waals surface area (Å²) in [6.07, 6.45) is -9.72. The van der Waals surface area contributed by atoms with E-state index in [1.54, 1.807) is 0 Å². The van der Waals surface area contributed by atoms with Crippen molar-refractivity contribution in [2.75, 3.05) is 6.61 Å². The number of nitrogens with two attached hydrogens (primary N) is 1. The van der Waals surface area contributed by atoms with Gasteiger partial charge < -0.3 is 36.4 Å². The number of primary amides is 1. The number of hydrogen-bond acceptors (Lipinski definition) is 7. The minimum Gasteiger partial charge on any atom is -0.394 e. The largest absolute Gasteiger partial charge is 0.394 e. The van der Waals surface area contributed by atoms with Gasteiger partial charge >= 0.3 is 0 Å². The highest BCUT2D eigenvalue weighted by Gasteiger charge is 2.36. The average molecular weight is 225 g/mol. The van der Waals surface area contributed by atoms with Gasteiger partial charge in [0.25, 0.3) is 0 Å². The van der Waals surface area contributed by atoms with Gasteiger partial charge in [-0.2, -0.15) is 0 Å². The molecule has 0 spiro atoms. The van der Waals surface area contributed by atoms with Crippen molar-refractivity contribution < 1.29 is 35.4 Å². The van der Waals surface area contributed by atoms with Gasteiger partial charge in [-0.25, -0.2) is 0 Å². The maximum atomic E-state index is 10.4. The van der Waals surface area contributed by atoms with E-state index in [-0.39, 0.29) is 0 Å². The van der Waals surface area contributed by atoms with Gasteiger partial charge in [0.1, 0.15) is 24.4 Å². The molecule has 1 amide bonds. The molecule has 0 fully saturated rings. The highest BCUT2D eigenvalue weighted by molar-refractivity contribution is 5.79. The zero-order valence-electron chi connectivity index (χ0n) is 7.76. The molecule has 0 saturated heterocycles. The van der Waals surface area contributed by atoms with Crippen LogP contribution in [0.1, 0.15) is 0 Å². The van der Waals surface area contributed by atoms with Crippen LogP contribution in [0.2, 0.25) is 0 Å². The van der Waals surface area contributed by atoms with Crippen molar-refractivity contribution >= 4 is 5.91 Å². The fraction of sp³-hybridized carbons (Fsp3) is 0.857. The number of hydrogen-bond donors (Lipinski definition) is 7. The molecule has 0 aromatic heterocycles. The van der Waals surface area contributed by atoms with E-state index < -0.39 is 43.0 Å². The molecular weight excluding hydrogens is 210 g/mol. The van der Waals surface area contributed by atoms with Crippen LogP contribution in [-0.4, -0.2) is 73.7 Å². The Hall–Kier alpha value is -0.770. The lowest BCUT2D eigenvalue weighted by atomic mass is 9.99. The second kappa shape index (κ2) is 5.95. The molecule has 15 heavy (non-hydrogen) atoms. The van der Waals surface area contributed by atoms with Crippen molar-refractivity contribution in [3.63, 3.8) is 0 Å². The van der Waals surface area contributed by atoms with E-state index in [1.807, 2.05) is 0 Å². The van der Waals surface area contributed by atoms with E-state index in [4.69, 9.17) is 30.6 Å². The van der Waals surface area contributed by atoms with Crippen LogP contribution in [0.25, 0.3) is 0 Å². The first kappa shape index (κ1) is 14.2. The van der Waals surface area contributed by atoms with Gasteiger partial charge in [0.05, 0.1) is 6.61 Å². The molecule has 5 atom stereocenters. The first-order valence-electron chi connectivity index (χ1n) is 4.13. The van der Waals surface area contributed by atoms with E-state index in [1.165, 1.54) is 0 Å². The van der Waals surface area contributed by atoms with Gasteiger partial charge in [0.2, 0.25) is 5.91 Å². The van der Waals surface area contributed by atoms with Gasteiger partial charge in [-0.3, -0.25) is 4.79 Å². The Kier molecular flexibility index (Phi) is 5.65. The van der Waals surface area contributed by atoms with E-state index in [0.29, 0.717) is 0 Å². The highest BCUT2D eigenvalue weighted by Crippen LogP contribution is 2.08. The summed E-state index contributed by atoms with van der Waals surface area (Å²) in [7, 11) is 0. The number of amides is 1. The Morgan fingerprint density at radius 1 is 1.00 bits per heavy atom. The Bertz CT molecular complexity index is 212. The van der Waals surface area contributed by atoms with E-state index in [2.05, 4.69) is 5.73 Å². The molecule has 0 aliphatic heterocycles. The Balaban J connectivity index is 4.42. The molecule has 90 valence electrons. The summed E-state index contributed by atoms with van der Waals surface area (Å²) < 4.78 is 0. The van der Waals surface area contributed by atoms with Gasteiger partial charge in [0, 0.05) is 0 Å². The van der Waals surface area contributed by atoms with Gasteiger partial charge in [-0.15, -0.1) is 0 Å². The maximum absolute atomic E-state index is 10.4. The summed E-state index contributed by atoms with van der Waals surface area (Å²) in [4.78, 5) is 10.4. The lowest BCUT2D eigenvalue weighted by Gasteiger charge is -2.27. The predicted molar refractivity (Wildman–Crippen MR) is 46.3 cm³/mol.